The molecule has 0 aliphatic carbocycles. The zero-order valence-electron chi connectivity index (χ0n) is 14.1. The van der Waals surface area contributed by atoms with Gasteiger partial charge in [-0.1, -0.05) is 19.4 Å². The quantitative estimate of drug-likeness (QED) is 0.416. The zero-order chi connectivity index (χ0) is 19.2. The van der Waals surface area contributed by atoms with Crippen molar-refractivity contribution < 1.29 is 18.1 Å². The number of amides is 1. The van der Waals surface area contributed by atoms with E-state index in [1.807, 2.05) is 6.92 Å². The molecule has 0 spiro atoms. The van der Waals surface area contributed by atoms with E-state index in [4.69, 9.17) is 0 Å². The number of nitro groups is 1. The normalized spacial score (nSPS) is 11.0. The van der Waals surface area contributed by atoms with Gasteiger partial charge < -0.3 is 5.32 Å². The standard InChI is InChI=1S/C17H19N3O5S/c1-2-3-11-18-17(21)13-5-4-6-14(12-13)19-26(24,25)16-9-7-15(8-10-16)20(22)23/h4-10,12,19H,2-3,11H2,1H3,(H,18,21). The molecule has 0 aromatic heterocycles. The molecule has 0 radical (unpaired) electrons. The van der Waals surface area contributed by atoms with Crippen molar-refractivity contribution in [1.82, 2.24) is 5.32 Å². The zero-order valence-corrected chi connectivity index (χ0v) is 15.0. The van der Waals surface area contributed by atoms with Crippen LogP contribution in [0.3, 0.4) is 0 Å². The summed E-state index contributed by atoms with van der Waals surface area (Å²) >= 11 is 0. The number of nitrogens with one attached hydrogen (secondary N) is 2. The smallest absolute Gasteiger partial charge is 0.269 e. The molecule has 0 saturated carbocycles. The number of nitro benzene ring substituents is 1. The van der Waals surface area contributed by atoms with Crippen LogP contribution in [-0.4, -0.2) is 25.8 Å². The highest BCUT2D eigenvalue weighted by molar-refractivity contribution is 7.92. The Morgan fingerprint density at radius 2 is 1.85 bits per heavy atom. The van der Waals surface area contributed by atoms with E-state index >= 15 is 0 Å². The van der Waals surface area contributed by atoms with Crippen molar-refractivity contribution in [3.8, 4) is 0 Å². The average Bonchev–Trinajstić information content (AvgIpc) is 2.61. The van der Waals surface area contributed by atoms with Crippen LogP contribution in [0.15, 0.2) is 53.4 Å². The SMILES string of the molecule is CCCCNC(=O)c1cccc(NS(=O)(=O)c2ccc([N+](=O)[O-])cc2)c1. The molecular formula is C17H19N3O5S. The number of hydrogen-bond donors (Lipinski definition) is 2. The molecule has 138 valence electrons. The molecule has 2 rings (SSSR count). The minimum Gasteiger partial charge on any atom is -0.352 e. The molecule has 2 aromatic rings. The summed E-state index contributed by atoms with van der Waals surface area (Å²) in [6, 6.07) is 10.7. The van der Waals surface area contributed by atoms with E-state index in [-0.39, 0.29) is 22.2 Å². The van der Waals surface area contributed by atoms with E-state index < -0.39 is 14.9 Å². The summed E-state index contributed by atoms with van der Waals surface area (Å²) in [5.74, 6) is -0.283. The van der Waals surface area contributed by atoms with Crippen molar-refractivity contribution in [3.63, 3.8) is 0 Å². The topological polar surface area (TPSA) is 118 Å². The van der Waals surface area contributed by atoms with Crippen LogP contribution in [0.5, 0.6) is 0 Å². The van der Waals surface area contributed by atoms with Crippen molar-refractivity contribution in [3.05, 3.63) is 64.2 Å². The van der Waals surface area contributed by atoms with Gasteiger partial charge in [0.25, 0.3) is 21.6 Å². The van der Waals surface area contributed by atoms with Crippen LogP contribution in [0.4, 0.5) is 11.4 Å². The van der Waals surface area contributed by atoms with Crippen molar-refractivity contribution in [2.75, 3.05) is 11.3 Å². The predicted molar refractivity (Wildman–Crippen MR) is 97.6 cm³/mol. The Bertz CT molecular complexity index is 895. The van der Waals surface area contributed by atoms with E-state index in [0.717, 1.165) is 37.1 Å². The lowest BCUT2D eigenvalue weighted by Crippen LogP contribution is -2.24. The third kappa shape index (κ3) is 5.03. The molecule has 2 N–H and O–H groups in total. The van der Waals surface area contributed by atoms with E-state index in [9.17, 15) is 23.3 Å². The molecule has 2 aromatic carbocycles. The minimum atomic E-state index is -3.92. The fourth-order valence-corrected chi connectivity index (χ4v) is 3.22. The second kappa shape index (κ2) is 8.43. The molecule has 0 aliphatic heterocycles. The first-order chi connectivity index (χ1) is 12.3. The molecule has 0 fully saturated rings. The highest BCUT2D eigenvalue weighted by Crippen LogP contribution is 2.20. The van der Waals surface area contributed by atoms with E-state index in [2.05, 4.69) is 10.0 Å². The lowest BCUT2D eigenvalue weighted by atomic mass is 10.2. The number of benzene rings is 2. The van der Waals surface area contributed by atoms with Gasteiger partial charge in [0, 0.05) is 29.9 Å². The summed E-state index contributed by atoms with van der Waals surface area (Å²) in [6.45, 7) is 2.56. The summed E-state index contributed by atoms with van der Waals surface area (Å²) in [7, 11) is -3.92. The van der Waals surface area contributed by atoms with Gasteiger partial charge in [0.1, 0.15) is 0 Å². The van der Waals surface area contributed by atoms with Gasteiger partial charge in [-0.05, 0) is 36.8 Å². The molecule has 0 saturated heterocycles. The second-order valence-corrected chi connectivity index (χ2v) is 7.23. The average molecular weight is 377 g/mol. The van der Waals surface area contributed by atoms with Crippen LogP contribution in [0, 0.1) is 10.1 Å². The molecular weight excluding hydrogens is 358 g/mol. The maximum Gasteiger partial charge on any atom is 0.269 e. The van der Waals surface area contributed by atoms with E-state index in [1.165, 1.54) is 12.1 Å². The van der Waals surface area contributed by atoms with Gasteiger partial charge in [0.05, 0.1) is 9.82 Å². The van der Waals surface area contributed by atoms with Crippen molar-refractivity contribution in [2.24, 2.45) is 0 Å². The first kappa shape index (κ1) is 19.4. The maximum absolute atomic E-state index is 12.4. The van der Waals surface area contributed by atoms with Crippen LogP contribution < -0.4 is 10.0 Å². The van der Waals surface area contributed by atoms with Gasteiger partial charge in [0.2, 0.25) is 0 Å². The lowest BCUT2D eigenvalue weighted by molar-refractivity contribution is -0.384. The van der Waals surface area contributed by atoms with E-state index in [1.54, 1.807) is 12.1 Å². The minimum absolute atomic E-state index is 0.110. The highest BCUT2D eigenvalue weighted by Gasteiger charge is 2.16. The molecule has 0 unspecified atom stereocenters. The molecule has 26 heavy (non-hydrogen) atoms. The first-order valence-corrected chi connectivity index (χ1v) is 9.47. The number of anilines is 1. The van der Waals surface area contributed by atoms with E-state index in [0.29, 0.717) is 12.1 Å². The molecule has 0 heterocycles. The van der Waals surface area contributed by atoms with Gasteiger partial charge >= 0.3 is 0 Å². The fourth-order valence-electron chi connectivity index (χ4n) is 2.17. The number of carbonyl (C=O) groups excluding carboxylic acids is 1. The molecule has 0 bridgehead atoms. The number of nitrogens with zero attached hydrogens (tertiary/aromatic N) is 1. The van der Waals surface area contributed by atoms with Gasteiger partial charge in [0.15, 0.2) is 0 Å². The van der Waals surface area contributed by atoms with Crippen LogP contribution in [0.25, 0.3) is 0 Å². The van der Waals surface area contributed by atoms with Crippen molar-refractivity contribution in [1.29, 1.82) is 0 Å². The third-order valence-electron chi connectivity index (χ3n) is 3.55. The van der Waals surface area contributed by atoms with Crippen LogP contribution in [-0.2, 0) is 10.0 Å². The first-order valence-electron chi connectivity index (χ1n) is 7.99. The predicted octanol–water partition coefficient (Wildman–Crippen LogP) is 2.93. The van der Waals surface area contributed by atoms with Gasteiger partial charge in [-0.15, -0.1) is 0 Å². The highest BCUT2D eigenvalue weighted by atomic mass is 32.2. The molecule has 8 nitrogen and oxygen atoms in total. The monoisotopic (exact) mass is 377 g/mol. The third-order valence-corrected chi connectivity index (χ3v) is 4.95. The van der Waals surface area contributed by atoms with Gasteiger partial charge in [-0.2, -0.15) is 0 Å². The number of non-ortho nitro benzene ring substituents is 1. The summed E-state index contributed by atoms with van der Waals surface area (Å²) in [4.78, 5) is 22.0. The number of hydrogen-bond acceptors (Lipinski definition) is 5. The molecule has 9 heteroatoms. The van der Waals surface area contributed by atoms with Crippen LogP contribution >= 0.6 is 0 Å². The summed E-state index contributed by atoms with van der Waals surface area (Å²) in [6.07, 6.45) is 1.81. The number of carbonyl (C=O) groups is 1. The lowest BCUT2D eigenvalue weighted by Gasteiger charge is -2.10. The largest absolute Gasteiger partial charge is 0.352 e. The number of rotatable bonds is 8. The Morgan fingerprint density at radius 3 is 2.46 bits per heavy atom. The Labute approximate surface area is 151 Å². The molecule has 0 atom stereocenters. The Morgan fingerprint density at radius 1 is 1.15 bits per heavy atom. The van der Waals surface area contributed by atoms with Gasteiger partial charge in [-0.3, -0.25) is 19.6 Å². The van der Waals surface area contributed by atoms with Gasteiger partial charge in [-0.25, -0.2) is 8.42 Å². The van der Waals surface area contributed by atoms with Crippen LogP contribution in [0.2, 0.25) is 0 Å². The maximum atomic E-state index is 12.4. The Balaban J connectivity index is 2.15. The summed E-state index contributed by atoms with van der Waals surface area (Å²) < 4.78 is 27.2. The number of sulfonamides is 1. The molecule has 1 amide bonds. The Hall–Kier alpha value is -2.94. The van der Waals surface area contributed by atoms with Crippen molar-refractivity contribution in [2.45, 2.75) is 24.7 Å². The Kier molecular flexibility index (Phi) is 6.29. The molecule has 0 aliphatic rings. The second-order valence-electron chi connectivity index (χ2n) is 5.55. The van der Waals surface area contributed by atoms with Crippen LogP contribution in [0.1, 0.15) is 30.1 Å². The number of unbranched alkanes of at least 4 members (excludes halogenated alkanes) is 1. The summed E-state index contributed by atoms with van der Waals surface area (Å²) in [5.41, 5.74) is 0.367. The van der Waals surface area contributed by atoms with Crippen molar-refractivity contribution >= 4 is 27.3 Å². The summed E-state index contributed by atoms with van der Waals surface area (Å²) in [5, 5.41) is 13.4. The fraction of sp³-hybridized carbons (Fsp3) is 0.235.